The zero-order chi connectivity index (χ0) is 23.1. The van der Waals surface area contributed by atoms with Gasteiger partial charge < -0.3 is 9.15 Å². The molecule has 0 unspecified atom stereocenters. The summed E-state index contributed by atoms with van der Waals surface area (Å²) in [5.74, 6) is 0.395. The minimum atomic E-state index is -3.75. The third kappa shape index (κ3) is 5.10. The van der Waals surface area contributed by atoms with Crippen LogP contribution in [0.5, 0.6) is 5.75 Å². The first-order valence-electron chi connectivity index (χ1n) is 9.50. The third-order valence-electron chi connectivity index (χ3n) is 4.40. The molecule has 166 valence electrons. The molecule has 1 amide bonds. The Balaban J connectivity index is 1.71. The summed E-state index contributed by atoms with van der Waals surface area (Å²) < 4.78 is 37.3. The van der Waals surface area contributed by atoms with E-state index in [1.54, 1.807) is 31.4 Å². The molecule has 2 aromatic carbocycles. The molecule has 0 saturated carbocycles. The molecule has 9 nitrogen and oxygen atoms in total. The molecule has 0 aliphatic heterocycles. The van der Waals surface area contributed by atoms with Crippen molar-refractivity contribution in [2.24, 2.45) is 0 Å². The molecule has 0 spiro atoms. The van der Waals surface area contributed by atoms with Crippen molar-refractivity contribution in [3.8, 4) is 17.2 Å². The van der Waals surface area contributed by atoms with Crippen LogP contribution < -0.4 is 10.1 Å². The summed E-state index contributed by atoms with van der Waals surface area (Å²) in [5, 5.41) is 10.2. The highest BCUT2D eigenvalue weighted by Crippen LogP contribution is 2.23. The lowest BCUT2D eigenvalue weighted by molar-refractivity contribution is 0.102. The van der Waals surface area contributed by atoms with Crippen LogP contribution in [0.25, 0.3) is 11.5 Å². The first kappa shape index (κ1) is 22.9. The number of rotatable bonds is 10. The van der Waals surface area contributed by atoms with E-state index in [9.17, 15) is 13.2 Å². The number of hydrogen-bond acceptors (Lipinski definition) is 7. The highest BCUT2D eigenvalue weighted by molar-refractivity contribution is 7.89. The number of hydrogen-bond donors (Lipinski definition) is 1. The Morgan fingerprint density at radius 3 is 2.25 bits per heavy atom. The van der Waals surface area contributed by atoms with E-state index < -0.39 is 15.9 Å². The Hall–Kier alpha value is -3.76. The van der Waals surface area contributed by atoms with Crippen molar-refractivity contribution in [3.63, 3.8) is 0 Å². The van der Waals surface area contributed by atoms with E-state index in [0.717, 1.165) is 0 Å². The average Bonchev–Trinajstić information content (AvgIpc) is 3.27. The number of sulfonamides is 1. The number of nitrogens with one attached hydrogen (secondary N) is 1. The highest BCUT2D eigenvalue weighted by Gasteiger charge is 2.23. The maximum Gasteiger partial charge on any atom is 0.322 e. The van der Waals surface area contributed by atoms with Gasteiger partial charge in [-0.25, -0.2) is 8.42 Å². The van der Waals surface area contributed by atoms with Crippen LogP contribution in [0.2, 0.25) is 0 Å². The van der Waals surface area contributed by atoms with Crippen LogP contribution in [0.15, 0.2) is 83.2 Å². The van der Waals surface area contributed by atoms with Crippen molar-refractivity contribution in [1.82, 2.24) is 14.5 Å². The molecule has 32 heavy (non-hydrogen) atoms. The van der Waals surface area contributed by atoms with E-state index in [0.29, 0.717) is 11.3 Å². The first-order chi connectivity index (χ1) is 15.4. The summed E-state index contributed by atoms with van der Waals surface area (Å²) in [7, 11) is -2.18. The molecule has 0 atom stereocenters. The number of nitrogens with zero attached hydrogens (tertiary/aromatic N) is 3. The highest BCUT2D eigenvalue weighted by atomic mass is 32.2. The van der Waals surface area contributed by atoms with Crippen LogP contribution in [-0.2, 0) is 10.0 Å². The summed E-state index contributed by atoms with van der Waals surface area (Å²) in [5.41, 5.74) is 0.893. The van der Waals surface area contributed by atoms with Gasteiger partial charge in [-0.1, -0.05) is 17.3 Å². The number of benzene rings is 2. The molecule has 1 heterocycles. The average molecular weight is 455 g/mol. The van der Waals surface area contributed by atoms with Crippen LogP contribution in [0, 0.1) is 0 Å². The quantitative estimate of drug-likeness (QED) is 0.467. The van der Waals surface area contributed by atoms with E-state index in [1.807, 2.05) is 0 Å². The first-order valence-corrected chi connectivity index (χ1v) is 10.9. The van der Waals surface area contributed by atoms with Gasteiger partial charge in [-0.3, -0.25) is 10.1 Å². The lowest BCUT2D eigenvalue weighted by Crippen LogP contribution is -2.31. The molecule has 3 rings (SSSR count). The molecule has 0 aliphatic carbocycles. The van der Waals surface area contributed by atoms with Crippen molar-refractivity contribution in [2.75, 3.05) is 25.5 Å². The van der Waals surface area contributed by atoms with Crippen molar-refractivity contribution in [2.45, 2.75) is 4.90 Å². The Morgan fingerprint density at radius 2 is 1.69 bits per heavy atom. The zero-order valence-electron chi connectivity index (χ0n) is 17.4. The molecule has 10 heteroatoms. The van der Waals surface area contributed by atoms with E-state index in [1.165, 1.54) is 40.7 Å². The topological polar surface area (TPSA) is 115 Å². The summed E-state index contributed by atoms with van der Waals surface area (Å²) >= 11 is 0. The smallest absolute Gasteiger partial charge is 0.322 e. The van der Waals surface area contributed by atoms with Crippen molar-refractivity contribution in [1.29, 1.82) is 0 Å². The maximum atomic E-state index is 12.8. The normalized spacial score (nSPS) is 11.2. The van der Waals surface area contributed by atoms with Gasteiger partial charge in [-0.05, 0) is 48.5 Å². The lowest BCUT2D eigenvalue weighted by Gasteiger charge is -2.19. The van der Waals surface area contributed by atoms with Crippen molar-refractivity contribution in [3.05, 3.63) is 79.4 Å². The van der Waals surface area contributed by atoms with Gasteiger partial charge >= 0.3 is 6.01 Å². The zero-order valence-corrected chi connectivity index (χ0v) is 18.2. The minimum Gasteiger partial charge on any atom is -0.497 e. The second kappa shape index (κ2) is 10.0. The van der Waals surface area contributed by atoms with Gasteiger partial charge in [-0.15, -0.1) is 18.3 Å². The number of anilines is 1. The van der Waals surface area contributed by atoms with Crippen LogP contribution in [-0.4, -0.2) is 49.0 Å². The summed E-state index contributed by atoms with van der Waals surface area (Å²) in [6, 6.07) is 12.4. The molecular formula is C22H22N4O5S. The molecule has 3 aromatic rings. The number of amides is 1. The van der Waals surface area contributed by atoms with E-state index in [4.69, 9.17) is 9.15 Å². The van der Waals surface area contributed by atoms with Crippen LogP contribution in [0.3, 0.4) is 0 Å². The number of methoxy groups -OCH3 is 1. The Bertz CT molecular complexity index is 1190. The third-order valence-corrected chi connectivity index (χ3v) is 6.25. The van der Waals surface area contributed by atoms with Gasteiger partial charge in [0.15, 0.2) is 0 Å². The predicted molar refractivity (Wildman–Crippen MR) is 120 cm³/mol. The molecule has 0 fully saturated rings. The molecule has 1 aromatic heterocycles. The van der Waals surface area contributed by atoms with Crippen molar-refractivity contribution >= 4 is 21.9 Å². The van der Waals surface area contributed by atoms with Crippen LogP contribution in [0.4, 0.5) is 6.01 Å². The van der Waals surface area contributed by atoms with Crippen LogP contribution in [0.1, 0.15) is 10.4 Å². The largest absolute Gasteiger partial charge is 0.497 e. The van der Waals surface area contributed by atoms with Crippen LogP contribution >= 0.6 is 0 Å². The maximum absolute atomic E-state index is 12.8. The summed E-state index contributed by atoms with van der Waals surface area (Å²) in [6.45, 7) is 7.44. The van der Waals surface area contributed by atoms with E-state index in [2.05, 4.69) is 28.7 Å². The fraction of sp³-hybridized carbons (Fsp3) is 0.136. The van der Waals surface area contributed by atoms with Gasteiger partial charge in [0, 0.05) is 24.2 Å². The van der Waals surface area contributed by atoms with Gasteiger partial charge in [0.2, 0.25) is 15.9 Å². The SMILES string of the molecule is C=CCN(CC=C)S(=O)(=O)c1ccc(C(=O)Nc2nnc(-c3ccc(OC)cc3)o2)cc1. The van der Waals surface area contributed by atoms with Crippen molar-refractivity contribution < 1.29 is 22.4 Å². The minimum absolute atomic E-state index is 0.0531. The molecule has 0 saturated heterocycles. The second-order valence-electron chi connectivity index (χ2n) is 6.52. The number of ether oxygens (including phenoxy) is 1. The second-order valence-corrected chi connectivity index (χ2v) is 8.46. The predicted octanol–water partition coefficient (Wildman–Crippen LogP) is 3.36. The van der Waals surface area contributed by atoms with Gasteiger partial charge in [-0.2, -0.15) is 4.31 Å². The van der Waals surface area contributed by atoms with Gasteiger partial charge in [0.05, 0.1) is 12.0 Å². The molecule has 0 bridgehead atoms. The Kier molecular flexibility index (Phi) is 7.18. The van der Waals surface area contributed by atoms with E-state index in [-0.39, 0.29) is 35.5 Å². The molecule has 1 N–H and O–H groups in total. The number of carbonyl (C=O) groups is 1. The Morgan fingerprint density at radius 1 is 1.06 bits per heavy atom. The monoisotopic (exact) mass is 454 g/mol. The fourth-order valence-corrected chi connectivity index (χ4v) is 4.16. The Labute approximate surface area is 186 Å². The van der Waals surface area contributed by atoms with Gasteiger partial charge in [0.25, 0.3) is 5.91 Å². The standard InChI is InChI=1S/C22H22N4O5S/c1-4-14-26(15-5-2)32(28,29)19-12-8-16(9-13-19)20(27)23-22-25-24-21(31-22)17-6-10-18(30-3)11-7-17/h4-13H,1-2,14-15H2,3H3,(H,23,25,27). The molecule has 0 aliphatic rings. The lowest BCUT2D eigenvalue weighted by atomic mass is 10.2. The fourth-order valence-electron chi connectivity index (χ4n) is 2.78. The van der Waals surface area contributed by atoms with Gasteiger partial charge in [0.1, 0.15) is 5.75 Å². The summed E-state index contributed by atoms with van der Waals surface area (Å²) in [4.78, 5) is 12.6. The van der Waals surface area contributed by atoms with E-state index >= 15 is 0 Å². The summed E-state index contributed by atoms with van der Waals surface area (Å²) in [6.07, 6.45) is 2.99. The number of aromatic nitrogens is 2. The molecular weight excluding hydrogens is 432 g/mol. The number of carbonyl (C=O) groups excluding carboxylic acids is 1. The molecule has 0 radical (unpaired) electrons.